The second kappa shape index (κ2) is 11.8. The molecule has 278 valence electrons. The number of anilines is 1. The van der Waals surface area contributed by atoms with Crippen molar-refractivity contribution in [3.05, 3.63) is 29.8 Å². The lowest BCUT2D eigenvalue weighted by Gasteiger charge is -2.70. The number of hydrogen-bond acceptors (Lipinski definition) is 12. The Labute approximate surface area is 297 Å². The highest BCUT2D eigenvalue weighted by atomic mass is 16.6. The Kier molecular flexibility index (Phi) is 8.11. The molecule has 5 saturated carbocycles. The van der Waals surface area contributed by atoms with Gasteiger partial charge in [0.1, 0.15) is 17.3 Å². The Morgan fingerprint density at radius 1 is 1.06 bits per heavy atom. The molecular weight excluding hydrogens is 660 g/mol. The van der Waals surface area contributed by atoms with Crippen molar-refractivity contribution in [3.63, 3.8) is 0 Å². The van der Waals surface area contributed by atoms with E-state index < -0.39 is 76.1 Å². The number of rotatable bonds is 9. The number of carbonyl (C=O) groups is 4. The van der Waals surface area contributed by atoms with Gasteiger partial charge in [-0.15, -0.1) is 0 Å². The molecule has 14 atom stereocenters. The van der Waals surface area contributed by atoms with E-state index in [1.165, 1.54) is 6.92 Å². The second-order valence-electron chi connectivity index (χ2n) is 16.3. The molecule has 1 aromatic carbocycles. The monoisotopic (exact) mass is 710 g/mol. The quantitative estimate of drug-likeness (QED) is 0.284. The number of likely N-dealkylation sites (N-methyl/N-ethyl adjacent to an activating group) is 1. The molecule has 13 heteroatoms. The molecule has 7 aliphatic rings. The van der Waals surface area contributed by atoms with E-state index in [0.29, 0.717) is 32.4 Å². The Bertz CT molecular complexity index is 1650. The van der Waals surface area contributed by atoms with E-state index in [0.717, 1.165) is 4.90 Å². The van der Waals surface area contributed by atoms with E-state index in [1.807, 2.05) is 6.92 Å². The normalized spacial score (nSPS) is 46.4. The number of amides is 2. The first-order chi connectivity index (χ1) is 24.3. The van der Waals surface area contributed by atoms with E-state index in [2.05, 4.69) is 4.90 Å². The van der Waals surface area contributed by atoms with Crippen molar-refractivity contribution in [1.82, 2.24) is 4.90 Å². The number of esters is 2. The van der Waals surface area contributed by atoms with Crippen molar-refractivity contribution in [2.45, 2.75) is 94.5 Å². The number of methoxy groups -OCH3 is 3. The maximum Gasteiger partial charge on any atom is 0.340 e. The fourth-order valence-corrected chi connectivity index (χ4v) is 13.2. The summed E-state index contributed by atoms with van der Waals surface area (Å²) in [4.78, 5) is 55.9. The molecule has 0 unspecified atom stereocenters. The summed E-state index contributed by atoms with van der Waals surface area (Å²) in [7, 11) is 4.85. The average Bonchev–Trinajstić information content (AvgIpc) is 3.61. The lowest BCUT2D eigenvalue weighted by Crippen LogP contribution is -2.82. The van der Waals surface area contributed by atoms with Gasteiger partial charge in [0, 0.05) is 82.1 Å². The number of nitrogens with zero attached hydrogens (tertiary/aromatic N) is 2. The van der Waals surface area contributed by atoms with E-state index >= 15 is 0 Å². The first-order valence-corrected chi connectivity index (χ1v) is 18.4. The van der Waals surface area contributed by atoms with Crippen LogP contribution in [0.15, 0.2) is 24.3 Å². The molecule has 1 spiro atoms. The minimum absolute atomic E-state index is 0.0201. The third-order valence-electron chi connectivity index (χ3n) is 14.6. The van der Waals surface area contributed by atoms with Crippen molar-refractivity contribution in [2.75, 3.05) is 45.9 Å². The SMILES string of the molecule is CCN1C[C@]2(COC(=O)c3ccccc3N3C(=O)C[C@@H](C)C3=O)CC[C@@H](OC)[C@]34[C@@H]5C[C@H]6[C@H](OC(C)=O)[C@@H]5[C@](O)(C[C@@H]6OC)[C@@](O)([C@@H](OC)[C@H]23)[C@@H]14. The smallest absolute Gasteiger partial charge is 0.340 e. The Balaban J connectivity index is 1.24. The molecule has 5 aliphatic carbocycles. The lowest BCUT2D eigenvalue weighted by molar-refractivity contribution is -0.319. The number of carbonyl (C=O) groups excluding carboxylic acids is 4. The summed E-state index contributed by atoms with van der Waals surface area (Å²) in [5.74, 6) is -3.74. The predicted molar refractivity (Wildman–Crippen MR) is 179 cm³/mol. The zero-order chi connectivity index (χ0) is 36.4. The molecule has 13 nitrogen and oxygen atoms in total. The first kappa shape index (κ1) is 35.1. The summed E-state index contributed by atoms with van der Waals surface area (Å²) in [5, 5.41) is 26.7. The van der Waals surface area contributed by atoms with Crippen LogP contribution in [-0.4, -0.2) is 122 Å². The Hall–Kier alpha value is -2.94. The summed E-state index contributed by atoms with van der Waals surface area (Å²) in [5.41, 5.74) is -4.72. The van der Waals surface area contributed by atoms with Gasteiger partial charge in [-0.25, -0.2) is 9.69 Å². The van der Waals surface area contributed by atoms with Crippen LogP contribution in [0.5, 0.6) is 0 Å². The fourth-order valence-electron chi connectivity index (χ4n) is 13.2. The van der Waals surface area contributed by atoms with Crippen LogP contribution in [0.4, 0.5) is 5.69 Å². The number of benzene rings is 1. The maximum absolute atomic E-state index is 14.1. The number of imide groups is 1. The van der Waals surface area contributed by atoms with Crippen molar-refractivity contribution < 1.29 is 53.1 Å². The number of fused-ring (bicyclic) bond motifs is 2. The average molecular weight is 711 g/mol. The molecule has 51 heavy (non-hydrogen) atoms. The van der Waals surface area contributed by atoms with Gasteiger partial charge < -0.3 is 33.9 Å². The van der Waals surface area contributed by atoms with Gasteiger partial charge in [-0.3, -0.25) is 19.3 Å². The zero-order valence-electron chi connectivity index (χ0n) is 30.2. The molecule has 7 fully saturated rings. The molecule has 2 aliphatic heterocycles. The number of ether oxygens (including phenoxy) is 5. The molecule has 0 aromatic heterocycles. The Morgan fingerprint density at radius 3 is 2.43 bits per heavy atom. The van der Waals surface area contributed by atoms with Crippen LogP contribution in [-0.2, 0) is 38.1 Å². The van der Waals surface area contributed by atoms with E-state index in [4.69, 9.17) is 23.7 Å². The summed E-state index contributed by atoms with van der Waals surface area (Å²) >= 11 is 0. The maximum atomic E-state index is 14.1. The van der Waals surface area contributed by atoms with E-state index in [1.54, 1.807) is 52.5 Å². The Morgan fingerprint density at radius 2 is 1.80 bits per heavy atom. The van der Waals surface area contributed by atoms with Crippen molar-refractivity contribution in [1.29, 1.82) is 0 Å². The molecule has 8 rings (SSSR count). The summed E-state index contributed by atoms with van der Waals surface area (Å²) in [6, 6.07) is 5.95. The van der Waals surface area contributed by atoms with E-state index in [9.17, 15) is 29.4 Å². The molecular formula is C38H50N2O11. The summed E-state index contributed by atoms with van der Waals surface area (Å²) in [6.45, 7) is 6.10. The van der Waals surface area contributed by atoms with Crippen LogP contribution >= 0.6 is 0 Å². The largest absolute Gasteiger partial charge is 0.462 e. The summed E-state index contributed by atoms with van der Waals surface area (Å²) in [6.07, 6.45) is -0.303. The van der Waals surface area contributed by atoms with Gasteiger partial charge >= 0.3 is 11.9 Å². The highest BCUT2D eigenvalue weighted by Crippen LogP contribution is 2.80. The van der Waals surface area contributed by atoms with Gasteiger partial charge in [0.05, 0.1) is 42.2 Å². The minimum atomic E-state index is -1.82. The van der Waals surface area contributed by atoms with Crippen LogP contribution in [0, 0.1) is 40.4 Å². The van der Waals surface area contributed by atoms with Crippen LogP contribution in [0.2, 0.25) is 0 Å². The third kappa shape index (κ3) is 4.19. The lowest BCUT2D eigenvalue weighted by atomic mass is 9.42. The number of piperidine rings is 1. The van der Waals surface area contributed by atoms with Crippen molar-refractivity contribution in [2.24, 2.45) is 40.4 Å². The molecule has 2 N–H and O–H groups in total. The molecule has 1 aromatic rings. The van der Waals surface area contributed by atoms with Crippen molar-refractivity contribution >= 4 is 29.4 Å². The second-order valence-corrected chi connectivity index (χ2v) is 16.3. The highest BCUT2D eigenvalue weighted by Gasteiger charge is 2.92. The van der Waals surface area contributed by atoms with Gasteiger partial charge in [-0.2, -0.15) is 0 Å². The van der Waals surface area contributed by atoms with Crippen LogP contribution in [0.25, 0.3) is 0 Å². The number of aliphatic hydroxyl groups is 2. The zero-order valence-corrected chi connectivity index (χ0v) is 30.2. The van der Waals surface area contributed by atoms with Crippen LogP contribution in [0.1, 0.15) is 63.2 Å². The van der Waals surface area contributed by atoms with Gasteiger partial charge in [-0.1, -0.05) is 26.0 Å². The topological polar surface area (TPSA) is 161 Å². The highest BCUT2D eigenvalue weighted by molar-refractivity contribution is 6.22. The van der Waals surface area contributed by atoms with Gasteiger partial charge in [-0.05, 0) is 43.9 Å². The van der Waals surface area contributed by atoms with Gasteiger partial charge in [0.15, 0.2) is 0 Å². The summed E-state index contributed by atoms with van der Waals surface area (Å²) < 4.78 is 31.1. The van der Waals surface area contributed by atoms with E-state index in [-0.39, 0.29) is 60.5 Å². The third-order valence-corrected chi connectivity index (χ3v) is 14.6. The predicted octanol–water partition coefficient (Wildman–Crippen LogP) is 1.95. The van der Waals surface area contributed by atoms with Crippen LogP contribution < -0.4 is 4.90 Å². The molecule has 2 amide bonds. The molecule has 2 saturated heterocycles. The number of hydrogen-bond donors (Lipinski definition) is 2. The fraction of sp³-hybridized carbons (Fsp3) is 0.737. The van der Waals surface area contributed by atoms with Gasteiger partial charge in [0.25, 0.3) is 0 Å². The first-order valence-electron chi connectivity index (χ1n) is 18.4. The number of likely N-dealkylation sites (tertiary alicyclic amines) is 1. The van der Waals surface area contributed by atoms with Gasteiger partial charge in [0.2, 0.25) is 11.8 Å². The van der Waals surface area contributed by atoms with Crippen LogP contribution in [0.3, 0.4) is 0 Å². The molecule has 7 bridgehead atoms. The number of para-hydroxylation sites is 1. The molecule has 0 radical (unpaired) electrons. The standard InChI is InChI=1S/C38H50N2O11/c1-7-39-17-35(18-50-33(44)21-10-8-9-11-24(21)40-27(42)14-19(2)32(40)43)13-12-26(48-5)37-23-15-22-25(47-4)16-36(45,28(23)29(22)51-20(3)41)38(46,34(37)39)31(49-6)30(35)37/h8-11,19,22-23,25-26,28-31,34,45-46H,7,12-18H2,1-6H3/t19-,22-,23-,25+,26-,28-,29+,30-,31+,34+,35+,36-,37-,38-/m1/s1. The minimum Gasteiger partial charge on any atom is -0.462 e. The molecule has 2 heterocycles. The van der Waals surface area contributed by atoms with Crippen molar-refractivity contribution in [3.8, 4) is 0 Å².